The van der Waals surface area contributed by atoms with Gasteiger partial charge in [0, 0.05) is 16.1 Å². The molecule has 0 aliphatic heterocycles. The lowest BCUT2D eigenvalue weighted by atomic mass is 9.81. The van der Waals surface area contributed by atoms with Gasteiger partial charge in [0.15, 0.2) is 0 Å². The van der Waals surface area contributed by atoms with Crippen LogP contribution in [0.25, 0.3) is 0 Å². The third-order valence-electron chi connectivity index (χ3n) is 3.27. The van der Waals surface area contributed by atoms with E-state index in [0.29, 0.717) is 12.5 Å². The average molecular weight is 284 g/mol. The Morgan fingerprint density at radius 3 is 2.81 bits per heavy atom. The lowest BCUT2D eigenvalue weighted by molar-refractivity contribution is 0.329. The minimum absolute atomic E-state index is 0.140. The van der Waals surface area contributed by atoms with Crippen LogP contribution in [0.5, 0.6) is 5.75 Å². The van der Waals surface area contributed by atoms with Gasteiger partial charge in [0.05, 0.1) is 6.61 Å². The smallest absolute Gasteiger partial charge is 0.123 e. The molecule has 1 unspecified atom stereocenters. The Morgan fingerprint density at radius 2 is 2.12 bits per heavy atom. The summed E-state index contributed by atoms with van der Waals surface area (Å²) in [4.78, 5) is 0. The summed E-state index contributed by atoms with van der Waals surface area (Å²) in [6.45, 7) is 4.97. The Morgan fingerprint density at radius 1 is 1.38 bits per heavy atom. The summed E-state index contributed by atoms with van der Waals surface area (Å²) < 4.78 is 6.82. The van der Waals surface area contributed by atoms with Crippen molar-refractivity contribution < 1.29 is 4.74 Å². The molecule has 0 radical (unpaired) electrons. The Hall–Kier alpha value is -0.540. The molecule has 88 valence electrons. The minimum Gasteiger partial charge on any atom is -0.494 e. The molecule has 1 aliphatic rings. The van der Waals surface area contributed by atoms with Gasteiger partial charge in [-0.2, -0.15) is 0 Å². The molecule has 0 saturated carbocycles. The molecular formula is C13H18BrNO. The zero-order valence-electron chi connectivity index (χ0n) is 9.79. The maximum atomic E-state index is 6.19. The Balaban J connectivity index is 2.55. The van der Waals surface area contributed by atoms with Crippen LogP contribution in [0, 0.1) is 0 Å². The van der Waals surface area contributed by atoms with Crippen molar-refractivity contribution in [3.63, 3.8) is 0 Å². The molecule has 0 bridgehead atoms. The van der Waals surface area contributed by atoms with Crippen LogP contribution >= 0.6 is 15.9 Å². The molecule has 1 aliphatic carbocycles. The first kappa shape index (κ1) is 11.9. The summed E-state index contributed by atoms with van der Waals surface area (Å²) in [6, 6.07) is 4.23. The van der Waals surface area contributed by atoms with Gasteiger partial charge >= 0.3 is 0 Å². The first-order valence-corrected chi connectivity index (χ1v) is 6.65. The summed E-state index contributed by atoms with van der Waals surface area (Å²) in [5.41, 5.74) is 8.73. The molecule has 16 heavy (non-hydrogen) atoms. The molecule has 2 N–H and O–H groups in total. The van der Waals surface area contributed by atoms with Gasteiger partial charge in [0.1, 0.15) is 5.75 Å². The standard InChI is InChI=1S/C13H18BrNO/c1-3-16-11-7-5-9(14)13-10(15)6-4-8(2)12(11)13/h5,7-8,10H,3-4,6,15H2,1-2H3/t8?,10-/m0/s1. The first-order valence-electron chi connectivity index (χ1n) is 5.85. The quantitative estimate of drug-likeness (QED) is 0.897. The van der Waals surface area contributed by atoms with E-state index in [1.807, 2.05) is 19.1 Å². The first-order chi connectivity index (χ1) is 7.65. The average Bonchev–Trinajstić information content (AvgIpc) is 2.26. The summed E-state index contributed by atoms with van der Waals surface area (Å²) in [6.07, 6.45) is 2.20. The monoisotopic (exact) mass is 283 g/mol. The van der Waals surface area contributed by atoms with Crippen LogP contribution in [-0.4, -0.2) is 6.61 Å². The topological polar surface area (TPSA) is 35.2 Å². The van der Waals surface area contributed by atoms with Crippen LogP contribution in [-0.2, 0) is 0 Å². The number of benzene rings is 1. The predicted molar refractivity (Wildman–Crippen MR) is 69.9 cm³/mol. The van der Waals surface area contributed by atoms with E-state index in [-0.39, 0.29) is 6.04 Å². The number of fused-ring (bicyclic) bond motifs is 1. The summed E-state index contributed by atoms with van der Waals surface area (Å²) >= 11 is 3.60. The van der Waals surface area contributed by atoms with Crippen molar-refractivity contribution in [2.24, 2.45) is 5.73 Å². The largest absolute Gasteiger partial charge is 0.494 e. The lowest BCUT2D eigenvalue weighted by Crippen LogP contribution is -2.21. The van der Waals surface area contributed by atoms with Crippen molar-refractivity contribution >= 4 is 15.9 Å². The summed E-state index contributed by atoms with van der Waals surface area (Å²) in [7, 11) is 0. The van der Waals surface area contributed by atoms with Gasteiger partial charge in [-0.15, -0.1) is 0 Å². The number of hydrogen-bond acceptors (Lipinski definition) is 2. The van der Waals surface area contributed by atoms with E-state index in [9.17, 15) is 0 Å². The summed E-state index contributed by atoms with van der Waals surface area (Å²) in [5.74, 6) is 1.54. The van der Waals surface area contributed by atoms with Crippen LogP contribution < -0.4 is 10.5 Å². The van der Waals surface area contributed by atoms with Crippen LogP contribution in [0.4, 0.5) is 0 Å². The van der Waals surface area contributed by atoms with E-state index in [4.69, 9.17) is 10.5 Å². The van der Waals surface area contributed by atoms with Crippen LogP contribution in [0.1, 0.15) is 49.8 Å². The Bertz CT molecular complexity index is 392. The van der Waals surface area contributed by atoms with Gasteiger partial charge in [-0.3, -0.25) is 0 Å². The van der Waals surface area contributed by atoms with Gasteiger partial charge in [-0.25, -0.2) is 0 Å². The molecule has 2 nitrogen and oxygen atoms in total. The van der Waals surface area contributed by atoms with Crippen molar-refractivity contribution in [2.45, 2.75) is 38.6 Å². The number of rotatable bonds is 2. The van der Waals surface area contributed by atoms with Gasteiger partial charge in [0.25, 0.3) is 0 Å². The fourth-order valence-electron chi connectivity index (χ4n) is 2.47. The maximum Gasteiger partial charge on any atom is 0.123 e. The van der Waals surface area contributed by atoms with Crippen LogP contribution in [0.15, 0.2) is 16.6 Å². The second-order valence-corrected chi connectivity index (χ2v) is 5.25. The molecule has 0 spiro atoms. The number of hydrogen-bond donors (Lipinski definition) is 1. The highest BCUT2D eigenvalue weighted by Gasteiger charge is 2.27. The normalized spacial score (nSPS) is 24.0. The molecule has 0 saturated heterocycles. The molecule has 0 heterocycles. The number of ether oxygens (including phenoxy) is 1. The molecule has 2 rings (SSSR count). The van der Waals surface area contributed by atoms with E-state index < -0.39 is 0 Å². The highest BCUT2D eigenvalue weighted by molar-refractivity contribution is 9.10. The SMILES string of the molecule is CCOc1ccc(Br)c2c1C(C)CC[C@@H]2N. The second kappa shape index (κ2) is 4.76. The zero-order chi connectivity index (χ0) is 11.7. The van der Waals surface area contributed by atoms with Crippen molar-refractivity contribution in [2.75, 3.05) is 6.61 Å². The van der Waals surface area contributed by atoms with E-state index >= 15 is 0 Å². The number of nitrogens with two attached hydrogens (primary N) is 1. The molecule has 1 aromatic carbocycles. The third kappa shape index (κ3) is 1.98. The maximum absolute atomic E-state index is 6.19. The Kier molecular flexibility index (Phi) is 3.55. The minimum atomic E-state index is 0.140. The number of halogens is 1. The molecule has 3 heteroatoms. The highest BCUT2D eigenvalue weighted by Crippen LogP contribution is 2.44. The fourth-order valence-corrected chi connectivity index (χ4v) is 3.11. The van der Waals surface area contributed by atoms with Crippen LogP contribution in [0.2, 0.25) is 0 Å². The van der Waals surface area contributed by atoms with Gasteiger partial charge < -0.3 is 10.5 Å². The van der Waals surface area contributed by atoms with E-state index in [0.717, 1.165) is 23.1 Å². The van der Waals surface area contributed by atoms with Crippen molar-refractivity contribution in [3.05, 3.63) is 27.7 Å². The van der Waals surface area contributed by atoms with Gasteiger partial charge in [-0.1, -0.05) is 22.9 Å². The van der Waals surface area contributed by atoms with Crippen molar-refractivity contribution in [3.8, 4) is 5.75 Å². The molecule has 1 aromatic rings. The van der Waals surface area contributed by atoms with Crippen molar-refractivity contribution in [1.82, 2.24) is 0 Å². The molecule has 2 atom stereocenters. The fraction of sp³-hybridized carbons (Fsp3) is 0.538. The van der Waals surface area contributed by atoms with Crippen molar-refractivity contribution in [1.29, 1.82) is 0 Å². The predicted octanol–water partition coefficient (Wildman–Crippen LogP) is 3.74. The van der Waals surface area contributed by atoms with Gasteiger partial charge in [0.2, 0.25) is 0 Å². The molecular weight excluding hydrogens is 266 g/mol. The van der Waals surface area contributed by atoms with E-state index in [1.54, 1.807) is 0 Å². The Labute approximate surface area is 105 Å². The molecule has 0 aromatic heterocycles. The summed E-state index contributed by atoms with van der Waals surface area (Å²) in [5, 5.41) is 0. The van der Waals surface area contributed by atoms with E-state index in [1.165, 1.54) is 11.1 Å². The van der Waals surface area contributed by atoms with E-state index in [2.05, 4.69) is 22.9 Å². The molecule has 0 amide bonds. The second-order valence-electron chi connectivity index (χ2n) is 4.39. The van der Waals surface area contributed by atoms with Crippen LogP contribution in [0.3, 0.4) is 0 Å². The highest BCUT2D eigenvalue weighted by atomic mass is 79.9. The third-order valence-corrected chi connectivity index (χ3v) is 3.96. The molecule has 0 fully saturated rings. The van der Waals surface area contributed by atoms with Gasteiger partial charge in [-0.05, 0) is 43.4 Å². The zero-order valence-corrected chi connectivity index (χ0v) is 11.4. The lowest BCUT2D eigenvalue weighted by Gasteiger charge is -2.30.